The fraction of sp³-hybridized carbons (Fsp3) is 0.500. The summed E-state index contributed by atoms with van der Waals surface area (Å²) >= 11 is 5.37. The van der Waals surface area contributed by atoms with Crippen molar-refractivity contribution in [3.63, 3.8) is 0 Å². The molecule has 0 saturated carbocycles. The van der Waals surface area contributed by atoms with Crippen LogP contribution in [0.25, 0.3) is 0 Å². The van der Waals surface area contributed by atoms with Crippen molar-refractivity contribution < 1.29 is 0 Å². The van der Waals surface area contributed by atoms with Gasteiger partial charge in [0, 0.05) is 15.9 Å². The van der Waals surface area contributed by atoms with Crippen molar-refractivity contribution in [1.29, 1.82) is 0 Å². The summed E-state index contributed by atoms with van der Waals surface area (Å²) < 4.78 is 1.11. The number of thioether (sulfide) groups is 1. The molecule has 0 spiro atoms. The highest BCUT2D eigenvalue weighted by molar-refractivity contribution is 9.10. The normalized spacial score (nSPS) is 11.0. The average Bonchev–Trinajstić information content (AvgIpc) is 2.19. The highest BCUT2D eigenvalue weighted by atomic mass is 79.9. The van der Waals surface area contributed by atoms with Gasteiger partial charge in [-0.2, -0.15) is 0 Å². The van der Waals surface area contributed by atoms with Gasteiger partial charge in [-0.25, -0.2) is 0 Å². The molecule has 0 atom stereocenters. The van der Waals surface area contributed by atoms with Crippen LogP contribution in [0.15, 0.2) is 27.6 Å². The van der Waals surface area contributed by atoms with Crippen LogP contribution in [0.2, 0.25) is 0 Å². The van der Waals surface area contributed by atoms with Gasteiger partial charge < -0.3 is 5.73 Å². The van der Waals surface area contributed by atoms with Crippen molar-refractivity contribution in [3.8, 4) is 0 Å². The molecule has 0 heterocycles. The van der Waals surface area contributed by atoms with Crippen LogP contribution in [0.4, 0.5) is 0 Å². The van der Waals surface area contributed by atoms with Crippen LogP contribution >= 0.6 is 27.7 Å². The van der Waals surface area contributed by atoms with Crippen molar-refractivity contribution >= 4 is 27.7 Å². The fourth-order valence-electron chi connectivity index (χ4n) is 1.25. The van der Waals surface area contributed by atoms with Crippen molar-refractivity contribution in [3.05, 3.63) is 28.2 Å². The number of hydrogen-bond acceptors (Lipinski definition) is 2. The minimum absolute atomic E-state index is 0.615. The van der Waals surface area contributed by atoms with Crippen molar-refractivity contribution in [2.24, 2.45) is 11.7 Å². The van der Waals surface area contributed by atoms with Crippen molar-refractivity contribution in [2.75, 3.05) is 5.75 Å². The maximum atomic E-state index is 5.72. The van der Waals surface area contributed by atoms with E-state index in [0.29, 0.717) is 6.54 Å². The molecule has 2 N–H and O–H groups in total. The van der Waals surface area contributed by atoms with E-state index in [0.717, 1.165) is 10.4 Å². The first-order valence-corrected chi connectivity index (χ1v) is 7.02. The Bertz CT molecular complexity index is 312. The van der Waals surface area contributed by atoms with Gasteiger partial charge in [0.1, 0.15) is 0 Å². The third-order valence-electron chi connectivity index (χ3n) is 2.20. The quantitative estimate of drug-likeness (QED) is 0.827. The Hall–Kier alpha value is 0.01000. The first kappa shape index (κ1) is 13.1. The third-order valence-corrected chi connectivity index (χ3v) is 3.84. The molecule has 1 aromatic rings. The van der Waals surface area contributed by atoms with Crippen LogP contribution in [0.1, 0.15) is 25.8 Å². The fourth-order valence-corrected chi connectivity index (χ4v) is 2.96. The lowest BCUT2D eigenvalue weighted by Crippen LogP contribution is -1.99. The van der Waals surface area contributed by atoms with E-state index >= 15 is 0 Å². The molecule has 1 rings (SSSR count). The van der Waals surface area contributed by atoms with E-state index in [9.17, 15) is 0 Å². The molecule has 0 fully saturated rings. The lowest BCUT2D eigenvalue weighted by Gasteiger charge is -2.09. The van der Waals surface area contributed by atoms with E-state index in [-0.39, 0.29) is 0 Å². The Morgan fingerprint density at radius 3 is 2.73 bits per heavy atom. The van der Waals surface area contributed by atoms with Gasteiger partial charge in [0.15, 0.2) is 0 Å². The molecule has 0 amide bonds. The number of halogens is 1. The van der Waals surface area contributed by atoms with Crippen molar-refractivity contribution in [2.45, 2.75) is 31.7 Å². The second kappa shape index (κ2) is 6.56. The predicted octanol–water partition coefficient (Wildman–Crippen LogP) is 4.05. The van der Waals surface area contributed by atoms with Crippen LogP contribution in [0, 0.1) is 5.92 Å². The summed E-state index contributed by atoms with van der Waals surface area (Å²) in [6.07, 6.45) is 1.25. The number of hydrogen-bond donors (Lipinski definition) is 1. The molecule has 1 nitrogen and oxygen atoms in total. The Labute approximate surface area is 105 Å². The van der Waals surface area contributed by atoms with Gasteiger partial charge in [0.05, 0.1) is 0 Å². The second-order valence-corrected chi connectivity index (χ2v) is 6.04. The average molecular weight is 288 g/mol. The Morgan fingerprint density at radius 1 is 1.40 bits per heavy atom. The summed E-state index contributed by atoms with van der Waals surface area (Å²) in [6.45, 7) is 5.13. The standard InChI is InChI=1S/C12H18BrNS/c1-9(2)5-6-15-12-4-3-11(13)7-10(12)8-14/h3-4,7,9H,5-6,8,14H2,1-2H3. The molecule has 0 bridgehead atoms. The van der Waals surface area contributed by atoms with Crippen LogP contribution in [-0.4, -0.2) is 5.75 Å². The molecule has 0 aliphatic carbocycles. The SMILES string of the molecule is CC(C)CCSc1ccc(Br)cc1CN. The number of rotatable bonds is 5. The van der Waals surface area contributed by atoms with Gasteiger partial charge in [-0.05, 0) is 41.9 Å². The van der Waals surface area contributed by atoms with Crippen molar-refractivity contribution in [1.82, 2.24) is 0 Å². The summed E-state index contributed by atoms with van der Waals surface area (Å²) in [5.74, 6) is 1.95. The largest absolute Gasteiger partial charge is 0.326 e. The Kier molecular flexibility index (Phi) is 5.72. The summed E-state index contributed by atoms with van der Waals surface area (Å²) in [6, 6.07) is 6.34. The highest BCUT2D eigenvalue weighted by Gasteiger charge is 2.03. The first-order chi connectivity index (χ1) is 7.13. The van der Waals surface area contributed by atoms with E-state index in [1.54, 1.807) is 0 Å². The van der Waals surface area contributed by atoms with Gasteiger partial charge >= 0.3 is 0 Å². The highest BCUT2D eigenvalue weighted by Crippen LogP contribution is 2.26. The minimum Gasteiger partial charge on any atom is -0.326 e. The van der Waals surface area contributed by atoms with Gasteiger partial charge in [-0.15, -0.1) is 11.8 Å². The van der Waals surface area contributed by atoms with E-state index in [1.165, 1.54) is 22.6 Å². The van der Waals surface area contributed by atoms with Gasteiger partial charge in [0.25, 0.3) is 0 Å². The van der Waals surface area contributed by atoms with E-state index in [4.69, 9.17) is 5.73 Å². The van der Waals surface area contributed by atoms with E-state index in [2.05, 4.69) is 48.0 Å². The number of benzene rings is 1. The maximum Gasteiger partial charge on any atom is 0.0189 e. The Balaban J connectivity index is 2.60. The maximum absolute atomic E-state index is 5.72. The molecule has 0 aliphatic rings. The van der Waals surface area contributed by atoms with Crippen LogP contribution in [0.3, 0.4) is 0 Å². The summed E-state index contributed by atoms with van der Waals surface area (Å²) in [7, 11) is 0. The molecule has 0 aromatic heterocycles. The molecule has 0 radical (unpaired) electrons. The molecule has 0 aliphatic heterocycles. The molecule has 0 saturated heterocycles. The van der Waals surface area contributed by atoms with Crippen LogP contribution in [0.5, 0.6) is 0 Å². The Morgan fingerprint density at radius 2 is 2.13 bits per heavy atom. The first-order valence-electron chi connectivity index (χ1n) is 5.24. The van der Waals surface area contributed by atoms with Crippen LogP contribution < -0.4 is 5.73 Å². The van der Waals surface area contributed by atoms with Gasteiger partial charge in [-0.1, -0.05) is 29.8 Å². The van der Waals surface area contributed by atoms with E-state index < -0.39 is 0 Å². The lowest BCUT2D eigenvalue weighted by atomic mass is 10.2. The molecule has 0 unspecified atom stereocenters. The zero-order valence-corrected chi connectivity index (χ0v) is 11.7. The van der Waals surface area contributed by atoms with Crippen LogP contribution in [-0.2, 0) is 6.54 Å². The summed E-state index contributed by atoms with van der Waals surface area (Å²) in [5.41, 5.74) is 6.95. The summed E-state index contributed by atoms with van der Waals surface area (Å²) in [4.78, 5) is 1.32. The third kappa shape index (κ3) is 4.58. The minimum atomic E-state index is 0.615. The molecular formula is C12H18BrNS. The zero-order valence-electron chi connectivity index (χ0n) is 9.29. The monoisotopic (exact) mass is 287 g/mol. The van der Waals surface area contributed by atoms with Gasteiger partial charge in [0.2, 0.25) is 0 Å². The zero-order chi connectivity index (χ0) is 11.3. The lowest BCUT2D eigenvalue weighted by molar-refractivity contribution is 0.632. The predicted molar refractivity (Wildman–Crippen MR) is 72.2 cm³/mol. The number of nitrogens with two attached hydrogens (primary N) is 1. The molecule has 3 heteroatoms. The van der Waals surface area contributed by atoms with E-state index in [1.807, 2.05) is 11.8 Å². The molecule has 1 aromatic carbocycles. The molecule has 15 heavy (non-hydrogen) atoms. The topological polar surface area (TPSA) is 26.0 Å². The molecular weight excluding hydrogens is 270 g/mol. The smallest absolute Gasteiger partial charge is 0.0189 e. The summed E-state index contributed by atoms with van der Waals surface area (Å²) in [5, 5.41) is 0. The second-order valence-electron chi connectivity index (χ2n) is 3.99. The van der Waals surface area contributed by atoms with Gasteiger partial charge in [-0.3, -0.25) is 0 Å². The molecule has 84 valence electrons.